The number of amides is 2. The van der Waals surface area contributed by atoms with Gasteiger partial charge in [-0.3, -0.25) is 14.4 Å². The number of thiophene rings is 1. The molecule has 1 saturated heterocycles. The number of hydrogen-bond acceptors (Lipinski definition) is 5. The average Bonchev–Trinajstić information content (AvgIpc) is 3.05. The molecular formula is C14H18N2O4S. The molecule has 0 aliphatic carbocycles. The smallest absolute Gasteiger partial charge is 0.325 e. The summed E-state index contributed by atoms with van der Waals surface area (Å²) in [5.41, 5.74) is 0. The van der Waals surface area contributed by atoms with Crippen molar-refractivity contribution in [3.8, 4) is 0 Å². The van der Waals surface area contributed by atoms with Gasteiger partial charge in [-0.1, -0.05) is 6.07 Å². The number of carbonyl (C=O) groups is 3. The topological polar surface area (TPSA) is 75.7 Å². The highest BCUT2D eigenvalue weighted by atomic mass is 32.1. The summed E-state index contributed by atoms with van der Waals surface area (Å²) in [6, 6.07) is 3.43. The number of nitrogens with one attached hydrogen (secondary N) is 1. The minimum absolute atomic E-state index is 0.173. The van der Waals surface area contributed by atoms with E-state index in [0.717, 1.165) is 32.4 Å². The van der Waals surface area contributed by atoms with Gasteiger partial charge in [0.15, 0.2) is 6.61 Å². The third-order valence-corrected chi connectivity index (χ3v) is 4.07. The zero-order chi connectivity index (χ0) is 15.1. The minimum atomic E-state index is -0.606. The average molecular weight is 310 g/mol. The summed E-state index contributed by atoms with van der Waals surface area (Å²) < 4.78 is 4.88. The second-order valence-electron chi connectivity index (χ2n) is 4.76. The van der Waals surface area contributed by atoms with Gasteiger partial charge >= 0.3 is 5.97 Å². The molecule has 0 atom stereocenters. The number of ether oxygens (including phenoxy) is 1. The van der Waals surface area contributed by atoms with Gasteiger partial charge in [0, 0.05) is 13.1 Å². The monoisotopic (exact) mass is 310 g/mol. The molecule has 114 valence electrons. The standard InChI is InChI=1S/C14H18N2O4S/c17-12(16-6-2-1-3-7-16)10-20-13(18)9-15-14(19)11-5-4-8-21-11/h4-5,8H,1-3,6-7,9-10H2,(H,15,19). The van der Waals surface area contributed by atoms with Gasteiger partial charge in [-0.05, 0) is 30.7 Å². The van der Waals surface area contributed by atoms with Gasteiger partial charge in [0.1, 0.15) is 6.54 Å². The molecule has 6 nitrogen and oxygen atoms in total. The predicted octanol–water partition coefficient (Wildman–Crippen LogP) is 1.03. The van der Waals surface area contributed by atoms with E-state index in [1.807, 2.05) is 0 Å². The van der Waals surface area contributed by atoms with Crippen LogP contribution in [0.2, 0.25) is 0 Å². The van der Waals surface area contributed by atoms with Gasteiger partial charge in [0.05, 0.1) is 4.88 Å². The molecule has 1 aromatic heterocycles. The molecule has 7 heteroatoms. The first-order valence-electron chi connectivity index (χ1n) is 6.92. The van der Waals surface area contributed by atoms with Gasteiger partial charge in [-0.15, -0.1) is 11.3 Å². The molecule has 2 amide bonds. The highest BCUT2D eigenvalue weighted by molar-refractivity contribution is 7.12. The van der Waals surface area contributed by atoms with Crippen LogP contribution in [0, 0.1) is 0 Å². The van der Waals surface area contributed by atoms with Gasteiger partial charge in [0.2, 0.25) is 0 Å². The summed E-state index contributed by atoms with van der Waals surface area (Å²) in [6.45, 7) is 0.967. The van der Waals surface area contributed by atoms with Crippen molar-refractivity contribution in [1.82, 2.24) is 10.2 Å². The number of carbonyl (C=O) groups excluding carboxylic acids is 3. The first-order valence-corrected chi connectivity index (χ1v) is 7.80. The van der Waals surface area contributed by atoms with Crippen molar-refractivity contribution in [2.75, 3.05) is 26.2 Å². The largest absolute Gasteiger partial charge is 0.454 e. The summed E-state index contributed by atoms with van der Waals surface area (Å²) in [6.07, 6.45) is 3.13. The highest BCUT2D eigenvalue weighted by Crippen LogP contribution is 2.09. The van der Waals surface area contributed by atoms with E-state index in [1.54, 1.807) is 22.4 Å². The SMILES string of the molecule is O=C(CNC(=O)c1cccs1)OCC(=O)N1CCCCC1. The van der Waals surface area contributed by atoms with Crippen LogP contribution in [0.5, 0.6) is 0 Å². The number of esters is 1. The Morgan fingerprint density at radius 2 is 2.00 bits per heavy atom. The zero-order valence-electron chi connectivity index (χ0n) is 11.7. The summed E-state index contributed by atoms with van der Waals surface area (Å²) >= 11 is 1.29. The summed E-state index contributed by atoms with van der Waals surface area (Å²) in [4.78, 5) is 37.1. The minimum Gasteiger partial charge on any atom is -0.454 e. The lowest BCUT2D eigenvalue weighted by atomic mass is 10.1. The number of hydrogen-bond donors (Lipinski definition) is 1. The van der Waals surface area contributed by atoms with Crippen LogP contribution in [-0.2, 0) is 14.3 Å². The Balaban J connectivity index is 1.65. The molecule has 2 heterocycles. The summed E-state index contributed by atoms with van der Waals surface area (Å²) in [5, 5.41) is 4.24. The number of rotatable bonds is 5. The fraction of sp³-hybridized carbons (Fsp3) is 0.500. The van der Waals surface area contributed by atoms with Gasteiger partial charge < -0.3 is 15.0 Å². The van der Waals surface area contributed by atoms with Crippen molar-refractivity contribution in [2.24, 2.45) is 0 Å². The van der Waals surface area contributed by atoms with Crippen LogP contribution >= 0.6 is 11.3 Å². The molecule has 0 aromatic carbocycles. The molecule has 0 radical (unpaired) electrons. The lowest BCUT2D eigenvalue weighted by Crippen LogP contribution is -2.39. The first-order chi connectivity index (χ1) is 10.2. The maximum atomic E-state index is 11.8. The van der Waals surface area contributed by atoms with Crippen molar-refractivity contribution >= 4 is 29.1 Å². The van der Waals surface area contributed by atoms with Crippen molar-refractivity contribution in [3.05, 3.63) is 22.4 Å². The first kappa shape index (κ1) is 15.5. The van der Waals surface area contributed by atoms with Crippen LogP contribution in [-0.4, -0.2) is 48.9 Å². The fourth-order valence-corrected chi connectivity index (χ4v) is 2.72. The molecule has 0 unspecified atom stereocenters. The van der Waals surface area contributed by atoms with Crippen LogP contribution in [0.3, 0.4) is 0 Å². The lowest BCUT2D eigenvalue weighted by Gasteiger charge is -2.26. The third kappa shape index (κ3) is 4.86. The molecule has 1 aromatic rings. The maximum absolute atomic E-state index is 11.8. The number of nitrogens with zero attached hydrogens (tertiary/aromatic N) is 1. The van der Waals surface area contributed by atoms with Crippen LogP contribution in [0.4, 0.5) is 0 Å². The van der Waals surface area contributed by atoms with E-state index in [0.29, 0.717) is 4.88 Å². The van der Waals surface area contributed by atoms with Gasteiger partial charge in [-0.25, -0.2) is 0 Å². The van der Waals surface area contributed by atoms with Gasteiger partial charge in [0.25, 0.3) is 11.8 Å². The Morgan fingerprint density at radius 3 is 2.67 bits per heavy atom. The quantitative estimate of drug-likeness (QED) is 0.824. The molecule has 21 heavy (non-hydrogen) atoms. The van der Waals surface area contributed by atoms with Crippen molar-refractivity contribution in [3.63, 3.8) is 0 Å². The highest BCUT2D eigenvalue weighted by Gasteiger charge is 2.18. The Labute approximate surface area is 127 Å². The molecule has 1 fully saturated rings. The summed E-state index contributed by atoms with van der Waals surface area (Å²) in [5.74, 6) is -1.10. The van der Waals surface area contributed by atoms with E-state index < -0.39 is 5.97 Å². The Hall–Kier alpha value is -1.89. The number of likely N-dealkylation sites (tertiary alicyclic amines) is 1. The Morgan fingerprint density at radius 1 is 1.24 bits per heavy atom. The van der Waals surface area contributed by atoms with E-state index in [2.05, 4.69) is 5.32 Å². The molecule has 1 aliphatic rings. The Kier molecular flexibility index (Phi) is 5.74. The second-order valence-corrected chi connectivity index (χ2v) is 5.71. The van der Waals surface area contributed by atoms with E-state index in [1.165, 1.54) is 11.3 Å². The maximum Gasteiger partial charge on any atom is 0.325 e. The fourth-order valence-electron chi connectivity index (χ4n) is 2.08. The van der Waals surface area contributed by atoms with Crippen molar-refractivity contribution in [1.29, 1.82) is 0 Å². The van der Waals surface area contributed by atoms with E-state index in [-0.39, 0.29) is 25.0 Å². The predicted molar refractivity (Wildman–Crippen MR) is 78.0 cm³/mol. The molecule has 1 N–H and O–H groups in total. The van der Waals surface area contributed by atoms with Crippen LogP contribution < -0.4 is 5.32 Å². The zero-order valence-corrected chi connectivity index (χ0v) is 12.5. The van der Waals surface area contributed by atoms with E-state index >= 15 is 0 Å². The molecule has 0 spiro atoms. The molecular weight excluding hydrogens is 292 g/mol. The van der Waals surface area contributed by atoms with E-state index in [9.17, 15) is 14.4 Å². The van der Waals surface area contributed by atoms with Crippen molar-refractivity contribution in [2.45, 2.75) is 19.3 Å². The lowest BCUT2D eigenvalue weighted by molar-refractivity contribution is -0.151. The van der Waals surface area contributed by atoms with Crippen LogP contribution in [0.15, 0.2) is 17.5 Å². The normalized spacial score (nSPS) is 14.6. The molecule has 2 rings (SSSR count). The van der Waals surface area contributed by atoms with Crippen molar-refractivity contribution < 1.29 is 19.1 Å². The van der Waals surface area contributed by atoms with E-state index in [4.69, 9.17) is 4.74 Å². The second kappa shape index (κ2) is 7.78. The molecule has 0 bridgehead atoms. The van der Waals surface area contributed by atoms with Crippen LogP contribution in [0.1, 0.15) is 28.9 Å². The van der Waals surface area contributed by atoms with Gasteiger partial charge in [-0.2, -0.15) is 0 Å². The third-order valence-electron chi connectivity index (χ3n) is 3.20. The number of piperidine rings is 1. The molecule has 1 aliphatic heterocycles. The molecule has 0 saturated carbocycles. The van der Waals surface area contributed by atoms with Crippen LogP contribution in [0.25, 0.3) is 0 Å². The summed E-state index contributed by atoms with van der Waals surface area (Å²) in [7, 11) is 0. The Bertz CT molecular complexity index is 495.